The van der Waals surface area contributed by atoms with Crippen LogP contribution in [0.25, 0.3) is 43.1 Å². The molecule has 12 N–H and O–H groups in total. The number of methoxy groups -OCH3 is 2. The number of rotatable bonds is 22. The molecule has 0 radical (unpaired) electrons. The summed E-state index contributed by atoms with van der Waals surface area (Å²) in [7, 11) is 2.81. The molecule has 0 spiro atoms. The number of carboxylic acids is 4. The van der Waals surface area contributed by atoms with E-state index >= 15 is 0 Å². The largest absolute Gasteiger partial charge is 0.505 e. The lowest BCUT2D eigenvalue weighted by Crippen LogP contribution is -2.29. The van der Waals surface area contributed by atoms with Crippen LogP contribution >= 0.6 is 11.6 Å². The predicted molar refractivity (Wildman–Crippen MR) is 378 cm³/mol. The quantitative estimate of drug-likeness (QED) is 0.0280. The molecular formula is C74H55ClF4N8O22. The van der Waals surface area contributed by atoms with E-state index in [-0.39, 0.29) is 79.5 Å². The number of aromatic hydroxyl groups is 4. The highest BCUT2D eigenvalue weighted by Crippen LogP contribution is 2.38. The Balaban J connectivity index is 0.000000168. The maximum Gasteiger partial charge on any atom is 0.322 e. The molecule has 0 aliphatic carbocycles. The van der Waals surface area contributed by atoms with Gasteiger partial charge in [-0.05, 0) is 109 Å². The van der Waals surface area contributed by atoms with Gasteiger partial charge in [0.1, 0.15) is 95.3 Å². The van der Waals surface area contributed by atoms with Gasteiger partial charge in [-0.2, -0.15) is 0 Å². The fourth-order valence-electron chi connectivity index (χ4n) is 9.62. The molecule has 0 aliphatic heterocycles. The zero-order chi connectivity index (χ0) is 78.8. The average Bonchev–Trinajstić information content (AvgIpc) is 0.810. The molecule has 0 atom stereocenters. The van der Waals surface area contributed by atoms with Crippen molar-refractivity contribution in [1.29, 1.82) is 0 Å². The second kappa shape index (κ2) is 35.6. The van der Waals surface area contributed by atoms with Gasteiger partial charge in [0.15, 0.2) is 57.4 Å². The van der Waals surface area contributed by atoms with Gasteiger partial charge in [0.25, 0.3) is 23.6 Å². The number of halogens is 5. The summed E-state index contributed by atoms with van der Waals surface area (Å²) in [6.45, 7) is -2.39. The minimum absolute atomic E-state index is 0.0788. The molecule has 12 aromatic rings. The van der Waals surface area contributed by atoms with E-state index in [1.54, 1.807) is 60.7 Å². The second-order valence-corrected chi connectivity index (χ2v) is 22.7. The number of pyridine rings is 4. The number of hydrogen-bond acceptors (Lipinski definition) is 22. The van der Waals surface area contributed by atoms with E-state index in [1.807, 2.05) is 0 Å². The van der Waals surface area contributed by atoms with Gasteiger partial charge in [-0.25, -0.2) is 37.5 Å². The van der Waals surface area contributed by atoms with Gasteiger partial charge < -0.3 is 90.5 Å². The zero-order valence-electron chi connectivity index (χ0n) is 56.0. The van der Waals surface area contributed by atoms with Gasteiger partial charge >= 0.3 is 23.9 Å². The number of carbonyl (C=O) groups is 8. The third-order valence-electron chi connectivity index (χ3n) is 14.6. The molecule has 0 aliphatic rings. The minimum Gasteiger partial charge on any atom is -0.505 e. The summed E-state index contributed by atoms with van der Waals surface area (Å²) in [6.07, 6.45) is 5.41. The molecule has 30 nitrogen and oxygen atoms in total. The number of carboxylic acid groups (broad SMARTS) is 4. The van der Waals surface area contributed by atoms with Crippen LogP contribution < -0.4 is 49.7 Å². The van der Waals surface area contributed by atoms with Gasteiger partial charge in [-0.1, -0.05) is 11.6 Å². The number of benzene rings is 8. The maximum absolute atomic E-state index is 13.6. The van der Waals surface area contributed by atoms with E-state index in [2.05, 4.69) is 41.2 Å². The van der Waals surface area contributed by atoms with Crippen molar-refractivity contribution in [3.8, 4) is 80.5 Å². The summed E-state index contributed by atoms with van der Waals surface area (Å²) in [4.78, 5) is 105. The fraction of sp³-hybridized carbons (Fsp3) is 0.0811. The van der Waals surface area contributed by atoms with Crippen LogP contribution in [-0.4, -0.2) is 149 Å². The SMILES string of the molecule is COc1cc(F)cc(Oc2ccc3c(O)c(C(=O)NCC(=O)O)ncc3c2)c1.COc1cc(F)cc(Oc2ccc3cnc(C(=O)NCC(=O)O)c(O)c3c2)c1.O=C(O)CNC(=O)c1ncc2cc(Oc3ccc(F)c(F)c3)ccc2c1O.O=C(O)CNC(=O)c1ncc2ccc(Oc3ccc(Cl)cc3)cc2c1O. The minimum atomic E-state index is -1.23. The van der Waals surface area contributed by atoms with E-state index in [9.17, 15) is 76.3 Å². The number of nitrogens with one attached hydrogen (secondary N) is 4. The van der Waals surface area contributed by atoms with Crippen LogP contribution in [0.2, 0.25) is 5.02 Å². The Morgan fingerprint density at radius 3 is 0.982 bits per heavy atom. The molecule has 0 fully saturated rings. The second-order valence-electron chi connectivity index (χ2n) is 22.2. The van der Waals surface area contributed by atoms with Gasteiger partial charge in [0, 0.05) is 115 Å². The summed E-state index contributed by atoms with van der Waals surface area (Å²) in [5.74, 6) is -9.88. The number of carbonyl (C=O) groups excluding carboxylic acids is 4. The van der Waals surface area contributed by atoms with E-state index in [1.165, 1.54) is 118 Å². The lowest BCUT2D eigenvalue weighted by atomic mass is 10.1. The summed E-state index contributed by atoms with van der Waals surface area (Å²) >= 11 is 5.84. The van der Waals surface area contributed by atoms with Crippen molar-refractivity contribution in [3.05, 3.63) is 228 Å². The normalized spacial score (nSPS) is 10.5. The smallest absolute Gasteiger partial charge is 0.322 e. The van der Waals surface area contributed by atoms with Crippen LogP contribution in [0.1, 0.15) is 42.0 Å². The third-order valence-corrected chi connectivity index (χ3v) is 14.9. The highest BCUT2D eigenvalue weighted by molar-refractivity contribution is 6.30. The van der Waals surface area contributed by atoms with E-state index < -0.39 is 108 Å². The maximum atomic E-state index is 13.6. The molecule has 4 aromatic heterocycles. The van der Waals surface area contributed by atoms with Crippen molar-refractivity contribution in [2.24, 2.45) is 0 Å². The topological polar surface area (TPSA) is 453 Å². The van der Waals surface area contributed by atoms with E-state index in [0.717, 1.165) is 12.1 Å². The summed E-state index contributed by atoms with van der Waals surface area (Å²) < 4.78 is 85.8. The predicted octanol–water partition coefficient (Wildman–Crippen LogP) is 11.4. The van der Waals surface area contributed by atoms with Gasteiger partial charge in [0.05, 0.1) is 14.2 Å². The molecule has 0 saturated heterocycles. The monoisotopic (exact) mass is 1520 g/mol. The van der Waals surface area contributed by atoms with Crippen LogP contribution in [0.5, 0.6) is 80.5 Å². The van der Waals surface area contributed by atoms with Crippen molar-refractivity contribution >= 4 is 102 Å². The van der Waals surface area contributed by atoms with Crippen molar-refractivity contribution in [1.82, 2.24) is 41.2 Å². The highest BCUT2D eigenvalue weighted by atomic mass is 35.5. The molecule has 35 heteroatoms. The number of nitrogens with zero attached hydrogens (tertiary/aromatic N) is 4. The number of amides is 4. The Kier molecular flexibility index (Phi) is 25.6. The van der Waals surface area contributed by atoms with Crippen molar-refractivity contribution in [3.63, 3.8) is 0 Å². The van der Waals surface area contributed by atoms with Crippen molar-refractivity contribution < 1.29 is 125 Å². The first-order chi connectivity index (χ1) is 52.0. The van der Waals surface area contributed by atoms with Gasteiger partial charge in [0.2, 0.25) is 0 Å². The zero-order valence-corrected chi connectivity index (χ0v) is 56.8. The number of ether oxygens (including phenoxy) is 6. The molecule has 109 heavy (non-hydrogen) atoms. The molecule has 0 saturated carbocycles. The van der Waals surface area contributed by atoms with Gasteiger partial charge in [-0.3, -0.25) is 38.4 Å². The summed E-state index contributed by atoms with van der Waals surface area (Å²) in [5, 5.41) is 88.1. The average molecular weight is 1520 g/mol. The fourth-order valence-corrected chi connectivity index (χ4v) is 9.74. The Labute approximate surface area is 614 Å². The van der Waals surface area contributed by atoms with Crippen molar-refractivity contribution in [2.75, 3.05) is 40.4 Å². The Hall–Kier alpha value is -14.8. The van der Waals surface area contributed by atoms with Crippen molar-refractivity contribution in [2.45, 2.75) is 0 Å². The Bertz CT molecular complexity index is 5530. The lowest BCUT2D eigenvalue weighted by molar-refractivity contribution is -0.136. The highest BCUT2D eigenvalue weighted by Gasteiger charge is 2.22. The first kappa shape index (κ1) is 78.3. The Morgan fingerprint density at radius 2 is 0.624 bits per heavy atom. The molecule has 558 valence electrons. The van der Waals surface area contributed by atoms with Crippen LogP contribution in [0.3, 0.4) is 0 Å². The third kappa shape index (κ3) is 21.0. The number of aliphatic carboxylic acids is 4. The van der Waals surface area contributed by atoms with Crippen LogP contribution in [-0.2, 0) is 19.2 Å². The standard InChI is InChI=1S/2C19H15FN2O6.C18H13ClN2O5.C18H12F2N2O5/c1-27-13-5-11(20)6-14(7-13)28-12-2-3-15-10(4-12)8-21-17(18(15)25)19(26)22-9-16(23)24;1-27-13-4-11(20)5-14(6-13)28-12-3-2-10-8-21-17(18(25)15(10)7-12)19(26)22-9-16(23)24;19-11-2-5-12(6-3-11)26-13-4-1-10-8-20-16(17(24)14(10)7-13)18(25)21-9-15(22)23;19-13-4-2-11(6-14(13)20)27-10-1-3-12-9(5-10)7-21-16(17(12)25)18(26)22-8-15(23)24/h2*2-8,25H,9H2,1H3,(H,22,26)(H,23,24);1-8,24H,9H2,(H,21,25)(H,22,23);1-7,25H,8H2,(H,22,26)(H,23,24). The first-order valence-corrected chi connectivity index (χ1v) is 31.5. The van der Waals surface area contributed by atoms with Crippen LogP contribution in [0, 0.1) is 23.3 Å². The molecular weight excluding hydrogens is 1460 g/mol. The van der Waals surface area contributed by atoms with E-state index in [4.69, 9.17) is 60.4 Å². The molecule has 0 bridgehead atoms. The summed E-state index contributed by atoms with van der Waals surface area (Å²) in [6, 6.07) is 36.2. The molecule has 0 unspecified atom stereocenters. The molecule has 4 heterocycles. The molecule has 4 amide bonds. The van der Waals surface area contributed by atoms with E-state index in [0.29, 0.717) is 60.3 Å². The van der Waals surface area contributed by atoms with Crippen LogP contribution in [0.15, 0.2) is 176 Å². The molecule has 12 rings (SSSR count). The number of fused-ring (bicyclic) bond motifs is 4. The first-order valence-electron chi connectivity index (χ1n) is 31.1. The summed E-state index contributed by atoms with van der Waals surface area (Å²) in [5.41, 5.74) is -1.20. The number of hydrogen-bond donors (Lipinski definition) is 12. The van der Waals surface area contributed by atoms with Crippen LogP contribution in [0.4, 0.5) is 17.6 Å². The Morgan fingerprint density at radius 1 is 0.330 bits per heavy atom. The van der Waals surface area contributed by atoms with Gasteiger partial charge in [-0.15, -0.1) is 0 Å². The number of aromatic nitrogens is 4. The molecule has 8 aromatic carbocycles. The lowest BCUT2D eigenvalue weighted by Gasteiger charge is -2.11.